The van der Waals surface area contributed by atoms with Crippen molar-refractivity contribution in [3.8, 4) is 0 Å². The molecule has 0 spiro atoms. The van der Waals surface area contributed by atoms with Crippen molar-refractivity contribution in [3.63, 3.8) is 0 Å². The summed E-state index contributed by atoms with van der Waals surface area (Å²) in [7, 11) is 0. The summed E-state index contributed by atoms with van der Waals surface area (Å²) in [4.78, 5) is 1.32. The molecule has 11 heavy (non-hydrogen) atoms. The summed E-state index contributed by atoms with van der Waals surface area (Å²) >= 11 is 1.77. The van der Waals surface area contributed by atoms with Gasteiger partial charge in [-0.25, -0.2) is 0 Å². The SMILES string of the molecule is C=CCc1cccc(SC)c1. The van der Waals surface area contributed by atoms with Crippen molar-refractivity contribution in [2.45, 2.75) is 11.3 Å². The van der Waals surface area contributed by atoms with Crippen LogP contribution >= 0.6 is 11.8 Å². The average Bonchev–Trinajstić information content (AvgIpc) is 2.06. The van der Waals surface area contributed by atoms with Gasteiger partial charge in [0, 0.05) is 4.90 Å². The van der Waals surface area contributed by atoms with Gasteiger partial charge in [0.05, 0.1) is 0 Å². The van der Waals surface area contributed by atoms with Crippen molar-refractivity contribution < 1.29 is 0 Å². The van der Waals surface area contributed by atoms with Gasteiger partial charge in [-0.3, -0.25) is 0 Å². The van der Waals surface area contributed by atoms with E-state index in [1.807, 2.05) is 6.08 Å². The molecule has 0 atom stereocenters. The van der Waals surface area contributed by atoms with Crippen molar-refractivity contribution in [2.24, 2.45) is 0 Å². The normalized spacial score (nSPS) is 9.55. The second-order valence-electron chi connectivity index (χ2n) is 2.34. The maximum Gasteiger partial charge on any atom is 0.00719 e. The highest BCUT2D eigenvalue weighted by Crippen LogP contribution is 2.15. The fourth-order valence-electron chi connectivity index (χ4n) is 0.966. The highest BCUT2D eigenvalue weighted by atomic mass is 32.2. The first-order valence-electron chi connectivity index (χ1n) is 3.60. The molecule has 0 aromatic heterocycles. The van der Waals surface area contributed by atoms with Crippen LogP contribution in [0.4, 0.5) is 0 Å². The summed E-state index contributed by atoms with van der Waals surface area (Å²) in [6.45, 7) is 3.70. The van der Waals surface area contributed by atoms with Crippen LogP contribution < -0.4 is 0 Å². The molecule has 1 rings (SSSR count). The maximum absolute atomic E-state index is 3.70. The van der Waals surface area contributed by atoms with Gasteiger partial charge in [-0.05, 0) is 30.4 Å². The van der Waals surface area contributed by atoms with Gasteiger partial charge in [-0.15, -0.1) is 18.3 Å². The number of hydrogen-bond acceptors (Lipinski definition) is 1. The minimum atomic E-state index is 0.967. The summed E-state index contributed by atoms with van der Waals surface area (Å²) in [5.74, 6) is 0. The van der Waals surface area contributed by atoms with Crippen molar-refractivity contribution in [3.05, 3.63) is 42.5 Å². The van der Waals surface area contributed by atoms with Gasteiger partial charge in [0.25, 0.3) is 0 Å². The van der Waals surface area contributed by atoms with Gasteiger partial charge in [-0.1, -0.05) is 18.2 Å². The summed E-state index contributed by atoms with van der Waals surface area (Å²) in [5.41, 5.74) is 1.34. The molecule has 0 fully saturated rings. The first-order chi connectivity index (χ1) is 5.36. The molecule has 0 radical (unpaired) electrons. The van der Waals surface area contributed by atoms with Crippen LogP contribution in [-0.4, -0.2) is 6.26 Å². The molecule has 58 valence electrons. The Kier molecular flexibility index (Phi) is 3.24. The first-order valence-corrected chi connectivity index (χ1v) is 4.83. The Morgan fingerprint density at radius 1 is 1.55 bits per heavy atom. The van der Waals surface area contributed by atoms with E-state index < -0.39 is 0 Å². The molecule has 0 amide bonds. The zero-order valence-corrected chi connectivity index (χ0v) is 7.53. The number of thioether (sulfide) groups is 1. The van der Waals surface area contributed by atoms with E-state index in [9.17, 15) is 0 Å². The largest absolute Gasteiger partial charge is 0.130 e. The summed E-state index contributed by atoms with van der Waals surface area (Å²) in [6.07, 6.45) is 4.99. The second kappa shape index (κ2) is 4.24. The third-order valence-corrected chi connectivity index (χ3v) is 2.24. The van der Waals surface area contributed by atoms with E-state index in [-0.39, 0.29) is 0 Å². The van der Waals surface area contributed by atoms with Crippen molar-refractivity contribution in [2.75, 3.05) is 6.26 Å². The number of benzene rings is 1. The van der Waals surface area contributed by atoms with Gasteiger partial charge in [0.1, 0.15) is 0 Å². The van der Waals surface area contributed by atoms with E-state index in [0.29, 0.717) is 0 Å². The van der Waals surface area contributed by atoms with Crippen LogP contribution in [-0.2, 0) is 6.42 Å². The molecule has 0 saturated carbocycles. The topological polar surface area (TPSA) is 0 Å². The van der Waals surface area contributed by atoms with Crippen LogP contribution in [0.25, 0.3) is 0 Å². The standard InChI is InChI=1S/C10H12S/c1-3-5-9-6-4-7-10(8-9)11-2/h3-4,6-8H,1,5H2,2H3. The molecule has 0 saturated heterocycles. The molecule has 0 aliphatic rings. The Bertz CT molecular complexity index is 240. The van der Waals surface area contributed by atoms with Crippen molar-refractivity contribution >= 4 is 11.8 Å². The molecule has 0 nitrogen and oxygen atoms in total. The highest BCUT2D eigenvalue weighted by Gasteiger charge is 1.91. The molecule has 1 heteroatoms. The van der Waals surface area contributed by atoms with Gasteiger partial charge in [-0.2, -0.15) is 0 Å². The van der Waals surface area contributed by atoms with Gasteiger partial charge < -0.3 is 0 Å². The van der Waals surface area contributed by atoms with Crippen LogP contribution in [0, 0.1) is 0 Å². The van der Waals surface area contributed by atoms with Crippen LogP contribution in [0.15, 0.2) is 41.8 Å². The first kappa shape index (κ1) is 8.41. The minimum absolute atomic E-state index is 0.967. The lowest BCUT2D eigenvalue weighted by molar-refractivity contribution is 1.24. The van der Waals surface area contributed by atoms with Crippen LogP contribution in [0.3, 0.4) is 0 Å². The molecule has 0 unspecified atom stereocenters. The lowest BCUT2D eigenvalue weighted by atomic mass is 10.2. The van der Waals surface area contributed by atoms with Crippen LogP contribution in [0.2, 0.25) is 0 Å². The Hall–Kier alpha value is -0.690. The fraction of sp³-hybridized carbons (Fsp3) is 0.200. The third kappa shape index (κ3) is 2.43. The lowest BCUT2D eigenvalue weighted by Gasteiger charge is -1.98. The Balaban J connectivity index is 2.82. The van der Waals surface area contributed by atoms with E-state index >= 15 is 0 Å². The van der Waals surface area contributed by atoms with Crippen molar-refractivity contribution in [1.29, 1.82) is 0 Å². The number of hydrogen-bond donors (Lipinski definition) is 0. The fourth-order valence-corrected chi connectivity index (χ4v) is 1.45. The summed E-state index contributed by atoms with van der Waals surface area (Å²) < 4.78 is 0. The molecule has 0 bridgehead atoms. The summed E-state index contributed by atoms with van der Waals surface area (Å²) in [5, 5.41) is 0. The monoisotopic (exact) mass is 164 g/mol. The Morgan fingerprint density at radius 2 is 2.36 bits per heavy atom. The molecular formula is C10H12S. The molecule has 0 aliphatic carbocycles. The average molecular weight is 164 g/mol. The molecule has 0 N–H and O–H groups in total. The third-order valence-electron chi connectivity index (χ3n) is 1.51. The van der Waals surface area contributed by atoms with Gasteiger partial charge >= 0.3 is 0 Å². The summed E-state index contributed by atoms with van der Waals surface area (Å²) in [6, 6.07) is 8.54. The van der Waals surface area contributed by atoms with Crippen LogP contribution in [0.1, 0.15) is 5.56 Å². The highest BCUT2D eigenvalue weighted by molar-refractivity contribution is 7.98. The second-order valence-corrected chi connectivity index (χ2v) is 3.22. The number of allylic oxidation sites excluding steroid dienone is 1. The predicted molar refractivity (Wildman–Crippen MR) is 52.1 cm³/mol. The molecule has 0 heterocycles. The predicted octanol–water partition coefficient (Wildman–Crippen LogP) is 3.14. The van der Waals surface area contributed by atoms with Gasteiger partial charge in [0.15, 0.2) is 0 Å². The smallest absolute Gasteiger partial charge is 0.00719 e. The van der Waals surface area contributed by atoms with E-state index in [0.717, 1.165) is 6.42 Å². The van der Waals surface area contributed by atoms with Crippen molar-refractivity contribution in [1.82, 2.24) is 0 Å². The molecular weight excluding hydrogens is 152 g/mol. The Labute approximate surface area is 72.3 Å². The number of rotatable bonds is 3. The maximum atomic E-state index is 3.70. The van der Waals surface area contributed by atoms with E-state index in [4.69, 9.17) is 0 Å². The van der Waals surface area contributed by atoms with Crippen LogP contribution in [0.5, 0.6) is 0 Å². The molecule has 1 aromatic rings. The van der Waals surface area contributed by atoms with E-state index in [2.05, 4.69) is 37.1 Å². The zero-order chi connectivity index (χ0) is 8.10. The van der Waals surface area contributed by atoms with Gasteiger partial charge in [0.2, 0.25) is 0 Å². The van der Waals surface area contributed by atoms with E-state index in [1.54, 1.807) is 11.8 Å². The quantitative estimate of drug-likeness (QED) is 0.488. The Morgan fingerprint density at radius 3 is 3.00 bits per heavy atom. The van der Waals surface area contributed by atoms with E-state index in [1.165, 1.54) is 10.5 Å². The zero-order valence-electron chi connectivity index (χ0n) is 6.71. The molecule has 0 aliphatic heterocycles. The minimum Gasteiger partial charge on any atom is -0.130 e. The lowest BCUT2D eigenvalue weighted by Crippen LogP contribution is -1.79. The molecule has 1 aromatic carbocycles.